The molecule has 0 bridgehead atoms. The van der Waals surface area contributed by atoms with Crippen LogP contribution in [-0.4, -0.2) is 38.4 Å². The molecule has 1 aliphatic rings. The number of nitrogens with zero attached hydrogens (tertiary/aromatic N) is 3. The predicted molar refractivity (Wildman–Crippen MR) is 101 cm³/mol. The second kappa shape index (κ2) is 8.98. The minimum absolute atomic E-state index is 0.00879. The number of amides is 2. The average molecular weight is 391 g/mol. The van der Waals surface area contributed by atoms with Crippen LogP contribution in [0.3, 0.4) is 0 Å². The van der Waals surface area contributed by atoms with Gasteiger partial charge in [0.1, 0.15) is 11.6 Å². The monoisotopic (exact) mass is 391 g/mol. The molecular formula is C18H22FN5O2S. The molecule has 1 aromatic carbocycles. The third-order valence-corrected chi connectivity index (χ3v) is 5.44. The van der Waals surface area contributed by atoms with E-state index in [0.29, 0.717) is 22.7 Å². The maximum atomic E-state index is 12.9. The Labute approximate surface area is 161 Å². The van der Waals surface area contributed by atoms with Gasteiger partial charge in [0.2, 0.25) is 11.8 Å². The van der Waals surface area contributed by atoms with E-state index in [1.807, 2.05) is 0 Å². The van der Waals surface area contributed by atoms with Crippen LogP contribution in [0.15, 0.2) is 29.4 Å². The number of aromatic nitrogens is 3. The van der Waals surface area contributed by atoms with Crippen molar-refractivity contribution in [1.82, 2.24) is 20.1 Å². The van der Waals surface area contributed by atoms with Crippen LogP contribution in [0.1, 0.15) is 31.5 Å². The third-order valence-electron chi connectivity index (χ3n) is 4.42. The van der Waals surface area contributed by atoms with E-state index in [1.54, 1.807) is 11.6 Å². The summed E-state index contributed by atoms with van der Waals surface area (Å²) in [6.07, 6.45) is 4.48. The minimum atomic E-state index is -0.361. The van der Waals surface area contributed by atoms with Gasteiger partial charge in [0.25, 0.3) is 0 Å². The molecule has 27 heavy (non-hydrogen) atoms. The summed E-state index contributed by atoms with van der Waals surface area (Å²) in [4.78, 5) is 24.1. The highest BCUT2D eigenvalue weighted by Gasteiger charge is 2.18. The van der Waals surface area contributed by atoms with E-state index in [1.165, 1.54) is 48.9 Å². The van der Waals surface area contributed by atoms with Gasteiger partial charge in [-0.3, -0.25) is 9.59 Å². The zero-order chi connectivity index (χ0) is 19.2. The minimum Gasteiger partial charge on any atom is -0.353 e. The number of nitrogens with one attached hydrogen (secondary N) is 2. The second-order valence-corrected chi connectivity index (χ2v) is 7.47. The Morgan fingerprint density at radius 1 is 1.19 bits per heavy atom. The molecule has 2 amide bonds. The average Bonchev–Trinajstić information content (AvgIpc) is 3.26. The van der Waals surface area contributed by atoms with Gasteiger partial charge < -0.3 is 15.2 Å². The lowest BCUT2D eigenvalue weighted by molar-refractivity contribution is -0.119. The molecule has 1 saturated carbocycles. The van der Waals surface area contributed by atoms with E-state index in [9.17, 15) is 14.0 Å². The first-order valence-electron chi connectivity index (χ1n) is 8.87. The maximum Gasteiger partial charge on any atom is 0.232 e. The predicted octanol–water partition coefficient (Wildman–Crippen LogP) is 2.29. The van der Waals surface area contributed by atoms with Crippen molar-refractivity contribution in [3.63, 3.8) is 0 Å². The Hall–Kier alpha value is -2.42. The summed E-state index contributed by atoms with van der Waals surface area (Å²) >= 11 is 1.30. The molecule has 9 heteroatoms. The van der Waals surface area contributed by atoms with Gasteiger partial charge in [0.15, 0.2) is 5.16 Å². The van der Waals surface area contributed by atoms with Crippen molar-refractivity contribution in [2.75, 3.05) is 11.1 Å². The van der Waals surface area contributed by atoms with Gasteiger partial charge in [-0.1, -0.05) is 24.6 Å². The van der Waals surface area contributed by atoms with E-state index in [2.05, 4.69) is 20.8 Å². The summed E-state index contributed by atoms with van der Waals surface area (Å²) in [7, 11) is 1.76. The normalized spacial score (nSPS) is 14.3. The van der Waals surface area contributed by atoms with E-state index in [4.69, 9.17) is 0 Å². The number of hydrogen-bond donors (Lipinski definition) is 2. The number of hydrogen-bond acceptors (Lipinski definition) is 5. The van der Waals surface area contributed by atoms with Crippen molar-refractivity contribution in [3.8, 4) is 0 Å². The molecule has 144 valence electrons. The number of carbonyl (C=O) groups excluding carboxylic acids is 2. The molecule has 0 radical (unpaired) electrons. The lowest BCUT2D eigenvalue weighted by atomic mass is 10.2. The van der Waals surface area contributed by atoms with Crippen LogP contribution >= 0.6 is 11.8 Å². The lowest BCUT2D eigenvalue weighted by Gasteiger charge is -2.11. The van der Waals surface area contributed by atoms with E-state index >= 15 is 0 Å². The molecule has 1 aliphatic carbocycles. The van der Waals surface area contributed by atoms with Crippen LogP contribution in [-0.2, 0) is 23.1 Å². The molecule has 2 N–H and O–H groups in total. The number of benzene rings is 1. The van der Waals surface area contributed by atoms with Crippen molar-refractivity contribution in [2.45, 2.75) is 43.3 Å². The first kappa shape index (κ1) is 19.3. The molecule has 3 rings (SSSR count). The lowest BCUT2D eigenvalue weighted by Crippen LogP contribution is -2.33. The van der Waals surface area contributed by atoms with Crippen LogP contribution in [0.5, 0.6) is 0 Å². The first-order valence-corrected chi connectivity index (χ1v) is 9.85. The van der Waals surface area contributed by atoms with Gasteiger partial charge in [-0.25, -0.2) is 4.39 Å². The number of carbonyl (C=O) groups is 2. The quantitative estimate of drug-likeness (QED) is 0.707. The number of rotatable bonds is 7. The number of halogens is 1. The molecule has 7 nitrogen and oxygen atoms in total. The fourth-order valence-electron chi connectivity index (χ4n) is 2.98. The number of thioether (sulfide) groups is 1. The Balaban J connectivity index is 1.49. The van der Waals surface area contributed by atoms with Gasteiger partial charge in [0.05, 0.1) is 12.2 Å². The molecule has 1 aromatic heterocycles. The maximum absolute atomic E-state index is 12.9. The van der Waals surface area contributed by atoms with E-state index in [0.717, 1.165) is 12.8 Å². The van der Waals surface area contributed by atoms with Gasteiger partial charge in [-0.05, 0) is 37.1 Å². The van der Waals surface area contributed by atoms with Gasteiger partial charge in [-0.2, -0.15) is 0 Å². The van der Waals surface area contributed by atoms with Crippen molar-refractivity contribution in [2.24, 2.45) is 7.05 Å². The number of anilines is 1. The Morgan fingerprint density at radius 2 is 1.89 bits per heavy atom. The summed E-state index contributed by atoms with van der Waals surface area (Å²) in [5, 5.41) is 14.4. The molecule has 0 atom stereocenters. The van der Waals surface area contributed by atoms with E-state index in [-0.39, 0.29) is 29.8 Å². The smallest absolute Gasteiger partial charge is 0.232 e. The van der Waals surface area contributed by atoms with Gasteiger partial charge in [0, 0.05) is 18.8 Å². The van der Waals surface area contributed by atoms with Crippen LogP contribution in [0, 0.1) is 5.82 Å². The van der Waals surface area contributed by atoms with Crippen LogP contribution in [0.4, 0.5) is 10.1 Å². The molecule has 0 unspecified atom stereocenters. The summed E-state index contributed by atoms with van der Waals surface area (Å²) in [6, 6.07) is 5.85. The van der Waals surface area contributed by atoms with Crippen LogP contribution in [0.2, 0.25) is 0 Å². The largest absolute Gasteiger partial charge is 0.353 e. The van der Waals surface area contributed by atoms with Gasteiger partial charge >= 0.3 is 0 Å². The van der Waals surface area contributed by atoms with Crippen molar-refractivity contribution >= 4 is 29.3 Å². The topological polar surface area (TPSA) is 88.9 Å². The molecule has 0 saturated heterocycles. The van der Waals surface area contributed by atoms with Crippen molar-refractivity contribution in [1.29, 1.82) is 0 Å². The summed E-state index contributed by atoms with van der Waals surface area (Å²) < 4.78 is 14.6. The summed E-state index contributed by atoms with van der Waals surface area (Å²) in [5.74, 6) is 0.121. The zero-order valence-corrected chi connectivity index (χ0v) is 15.9. The Kier molecular flexibility index (Phi) is 6.44. The first-order chi connectivity index (χ1) is 13.0. The standard InChI is InChI=1S/C18H22FN5O2S/c1-24-15(10-16(25)20-14-8-6-12(19)7-9-14)22-23-18(24)27-11-17(26)21-13-4-2-3-5-13/h6-9,13H,2-5,10-11H2,1H3,(H,20,25)(H,21,26). The third kappa shape index (κ3) is 5.53. The highest BCUT2D eigenvalue weighted by atomic mass is 32.2. The molecule has 1 heterocycles. The van der Waals surface area contributed by atoms with Crippen molar-refractivity contribution < 1.29 is 14.0 Å². The second-order valence-electron chi connectivity index (χ2n) is 6.53. The molecule has 0 aliphatic heterocycles. The molecule has 2 aromatic rings. The molecule has 0 spiro atoms. The van der Waals surface area contributed by atoms with Gasteiger partial charge in [-0.15, -0.1) is 10.2 Å². The fraction of sp³-hybridized carbons (Fsp3) is 0.444. The Morgan fingerprint density at radius 3 is 2.59 bits per heavy atom. The highest BCUT2D eigenvalue weighted by Crippen LogP contribution is 2.19. The summed E-state index contributed by atoms with van der Waals surface area (Å²) in [5.41, 5.74) is 0.516. The molecule has 1 fully saturated rings. The molecular weight excluding hydrogens is 369 g/mol. The Bertz CT molecular complexity index is 803. The van der Waals surface area contributed by atoms with E-state index < -0.39 is 0 Å². The zero-order valence-electron chi connectivity index (χ0n) is 15.1. The van der Waals surface area contributed by atoms with Crippen molar-refractivity contribution in [3.05, 3.63) is 35.9 Å². The summed E-state index contributed by atoms with van der Waals surface area (Å²) in [6.45, 7) is 0. The van der Waals surface area contributed by atoms with Crippen LogP contribution in [0.25, 0.3) is 0 Å². The SMILES string of the molecule is Cn1c(CC(=O)Nc2ccc(F)cc2)nnc1SCC(=O)NC1CCCC1. The highest BCUT2D eigenvalue weighted by molar-refractivity contribution is 7.99. The van der Waals surface area contributed by atoms with Crippen LogP contribution < -0.4 is 10.6 Å². The fourth-order valence-corrected chi connectivity index (χ4v) is 3.72.